The van der Waals surface area contributed by atoms with Crippen LogP contribution in [0.5, 0.6) is 11.5 Å². The van der Waals surface area contributed by atoms with Crippen LogP contribution < -0.4 is 14.8 Å². The van der Waals surface area contributed by atoms with E-state index in [1.165, 1.54) is 0 Å². The van der Waals surface area contributed by atoms with E-state index in [0.717, 1.165) is 22.6 Å². The van der Waals surface area contributed by atoms with Crippen LogP contribution in [-0.2, 0) is 35.2 Å². The highest BCUT2D eigenvalue weighted by molar-refractivity contribution is 6.07. The molecule has 272 valence electrons. The predicted molar refractivity (Wildman–Crippen MR) is 175 cm³/mol. The highest BCUT2D eigenvalue weighted by Gasteiger charge is 2.71. The van der Waals surface area contributed by atoms with Crippen molar-refractivity contribution in [3.05, 3.63) is 94.5 Å². The number of halogens is 6. The molecule has 1 heterocycles. The van der Waals surface area contributed by atoms with Gasteiger partial charge >= 0.3 is 18.4 Å². The van der Waals surface area contributed by atoms with E-state index in [-0.39, 0.29) is 49.0 Å². The number of hydrogen-bond acceptors (Lipinski definition) is 5. The lowest BCUT2D eigenvalue weighted by molar-refractivity contribution is -0.376. The summed E-state index contributed by atoms with van der Waals surface area (Å²) in [7, 11) is 0. The summed E-state index contributed by atoms with van der Waals surface area (Å²) in [6.07, 6.45) is -10.7. The maximum atomic E-state index is 13.9. The van der Waals surface area contributed by atoms with E-state index in [1.54, 1.807) is 68.4 Å². The summed E-state index contributed by atoms with van der Waals surface area (Å²) >= 11 is 0. The Labute approximate surface area is 287 Å². The van der Waals surface area contributed by atoms with Crippen LogP contribution in [0.3, 0.4) is 0 Å². The number of urea groups is 1. The first kappa shape index (κ1) is 38.5. The van der Waals surface area contributed by atoms with Gasteiger partial charge in [0.15, 0.2) is 0 Å². The fourth-order valence-electron chi connectivity index (χ4n) is 5.98. The fourth-order valence-corrected chi connectivity index (χ4v) is 5.98. The van der Waals surface area contributed by atoms with Crippen molar-refractivity contribution in [2.45, 2.75) is 95.8 Å². The predicted octanol–water partition coefficient (Wildman–Crippen LogP) is 8.15. The Morgan fingerprint density at radius 3 is 2.02 bits per heavy atom. The number of nitrogens with one attached hydrogen (secondary N) is 1. The van der Waals surface area contributed by atoms with Gasteiger partial charge in [-0.3, -0.25) is 9.69 Å². The molecule has 3 aromatic carbocycles. The van der Waals surface area contributed by atoms with Crippen LogP contribution >= 0.6 is 0 Å². The second kappa shape index (κ2) is 15.3. The van der Waals surface area contributed by atoms with Crippen molar-refractivity contribution < 1.29 is 50.5 Å². The van der Waals surface area contributed by atoms with Crippen molar-refractivity contribution in [2.75, 3.05) is 13.2 Å². The maximum Gasteiger partial charge on any atom is 0.430 e. The first-order chi connectivity index (χ1) is 23.4. The highest BCUT2D eigenvalue weighted by Crippen LogP contribution is 2.51. The number of alkyl halides is 6. The summed E-state index contributed by atoms with van der Waals surface area (Å²) in [5, 5.41) is 13.0. The molecule has 4 rings (SSSR count). The van der Waals surface area contributed by atoms with Crippen molar-refractivity contribution >= 4 is 11.9 Å². The first-order valence-corrected chi connectivity index (χ1v) is 16.5. The highest BCUT2D eigenvalue weighted by atomic mass is 19.4. The van der Waals surface area contributed by atoms with Gasteiger partial charge in [0.25, 0.3) is 11.5 Å². The quantitative estimate of drug-likeness (QED) is 0.0946. The molecule has 1 atom stereocenters. The van der Waals surface area contributed by atoms with Crippen LogP contribution in [0, 0.1) is 0 Å². The summed E-state index contributed by atoms with van der Waals surface area (Å²) in [4.78, 5) is 27.3. The molecule has 1 aliphatic rings. The molecule has 0 radical (unpaired) electrons. The van der Waals surface area contributed by atoms with Crippen molar-refractivity contribution in [3.63, 3.8) is 0 Å². The van der Waals surface area contributed by atoms with E-state index in [2.05, 4.69) is 5.32 Å². The molecule has 0 saturated carbocycles. The average molecular weight is 709 g/mol. The van der Waals surface area contributed by atoms with Gasteiger partial charge in [0.1, 0.15) is 17.0 Å². The molecule has 3 amide bonds. The molecule has 2 N–H and O–H groups in total. The third-order valence-electron chi connectivity index (χ3n) is 8.63. The maximum absolute atomic E-state index is 13.9. The number of aliphatic hydroxyl groups is 1. The summed E-state index contributed by atoms with van der Waals surface area (Å²) in [6, 6.07) is 16.7. The molecule has 1 fully saturated rings. The SMILES string of the molecule is CCCc1cc(C(O)(C(F)(F)F)C(F)(F)F)cc(CCc2ccccc2)c1OCCCCN1C(=O)NC(C)(c2ccc(OC(C)C)cc2)C1=O. The molecule has 1 aliphatic heterocycles. The molecular weight excluding hydrogens is 666 g/mol. The Hall–Kier alpha value is -4.26. The fraction of sp³-hybridized carbons (Fsp3) is 0.459. The lowest BCUT2D eigenvalue weighted by Crippen LogP contribution is -2.54. The minimum absolute atomic E-state index is 0.00936. The molecule has 13 heteroatoms. The number of carbonyl (C=O) groups is 2. The van der Waals surface area contributed by atoms with Crippen LogP contribution in [0.2, 0.25) is 0 Å². The second-order valence-corrected chi connectivity index (χ2v) is 12.8. The van der Waals surface area contributed by atoms with Gasteiger partial charge in [0.05, 0.1) is 12.7 Å². The van der Waals surface area contributed by atoms with Gasteiger partial charge in [-0.15, -0.1) is 0 Å². The number of imide groups is 1. The number of carbonyl (C=O) groups excluding carboxylic acids is 2. The number of amides is 3. The standard InChI is InChI=1S/C37H42F6N2O5/c1-5-11-26-22-29(35(48,36(38,39)40)37(41,42)43)23-27(15-14-25-12-7-6-8-13-25)31(26)49-21-10-9-20-45-32(46)34(4,44-33(45)47)28-16-18-30(19-17-28)50-24(2)3/h6-8,12-13,16-19,22-24,48H,5,9-11,14-15,20-21H2,1-4H3,(H,44,47). The van der Waals surface area contributed by atoms with E-state index < -0.39 is 41.0 Å². The minimum Gasteiger partial charge on any atom is -0.493 e. The van der Waals surface area contributed by atoms with Crippen molar-refractivity contribution in [3.8, 4) is 11.5 Å². The molecule has 1 saturated heterocycles. The summed E-state index contributed by atoms with van der Waals surface area (Å²) in [5.74, 6) is 0.342. The summed E-state index contributed by atoms with van der Waals surface area (Å²) < 4.78 is 95.1. The molecule has 3 aromatic rings. The zero-order valence-electron chi connectivity index (χ0n) is 28.4. The van der Waals surface area contributed by atoms with Gasteiger partial charge in [0, 0.05) is 12.1 Å². The largest absolute Gasteiger partial charge is 0.493 e. The van der Waals surface area contributed by atoms with E-state index in [9.17, 15) is 41.0 Å². The zero-order valence-corrected chi connectivity index (χ0v) is 28.4. The Morgan fingerprint density at radius 1 is 0.860 bits per heavy atom. The third kappa shape index (κ3) is 8.20. The molecule has 7 nitrogen and oxygen atoms in total. The lowest BCUT2D eigenvalue weighted by Gasteiger charge is -2.33. The van der Waals surface area contributed by atoms with Crippen molar-refractivity contribution in [2.24, 2.45) is 0 Å². The molecule has 0 aromatic heterocycles. The van der Waals surface area contributed by atoms with E-state index >= 15 is 0 Å². The van der Waals surface area contributed by atoms with E-state index in [0.29, 0.717) is 37.0 Å². The van der Waals surface area contributed by atoms with Gasteiger partial charge in [-0.25, -0.2) is 4.79 Å². The van der Waals surface area contributed by atoms with Crippen LogP contribution in [-0.4, -0.2) is 53.6 Å². The molecule has 50 heavy (non-hydrogen) atoms. The zero-order chi connectivity index (χ0) is 36.9. The average Bonchev–Trinajstić information content (AvgIpc) is 3.26. The van der Waals surface area contributed by atoms with Crippen molar-refractivity contribution in [1.82, 2.24) is 10.2 Å². The Morgan fingerprint density at radius 2 is 1.46 bits per heavy atom. The number of benzene rings is 3. The number of nitrogens with zero attached hydrogens (tertiary/aromatic N) is 1. The topological polar surface area (TPSA) is 88.1 Å². The van der Waals surface area contributed by atoms with Gasteiger partial charge in [-0.1, -0.05) is 55.8 Å². The Bertz CT molecular complexity index is 1610. The van der Waals surface area contributed by atoms with Gasteiger partial charge in [-0.05, 0) is 99.4 Å². The van der Waals surface area contributed by atoms with Gasteiger partial charge in [-0.2, -0.15) is 26.3 Å². The van der Waals surface area contributed by atoms with E-state index in [1.807, 2.05) is 13.8 Å². The molecular formula is C37H42F6N2O5. The lowest BCUT2D eigenvalue weighted by atomic mass is 9.87. The van der Waals surface area contributed by atoms with Crippen LogP contribution in [0.4, 0.5) is 31.1 Å². The number of rotatable bonds is 15. The van der Waals surface area contributed by atoms with Gasteiger partial charge < -0.3 is 19.9 Å². The Kier molecular flexibility index (Phi) is 11.8. The number of ether oxygens (including phenoxy) is 2. The smallest absolute Gasteiger partial charge is 0.430 e. The molecule has 0 aliphatic carbocycles. The van der Waals surface area contributed by atoms with Gasteiger partial charge in [0.2, 0.25) is 0 Å². The van der Waals surface area contributed by atoms with E-state index in [4.69, 9.17) is 9.47 Å². The molecule has 0 bridgehead atoms. The summed E-state index contributed by atoms with van der Waals surface area (Å²) in [6.45, 7) is 7.18. The Balaban J connectivity index is 1.51. The summed E-state index contributed by atoms with van der Waals surface area (Å²) in [5.41, 5.74) is -6.10. The molecule has 1 unspecified atom stereocenters. The van der Waals surface area contributed by atoms with Crippen LogP contribution in [0.25, 0.3) is 0 Å². The van der Waals surface area contributed by atoms with Crippen LogP contribution in [0.1, 0.15) is 74.8 Å². The number of hydrogen-bond donors (Lipinski definition) is 2. The minimum atomic E-state index is -6.03. The number of aryl methyl sites for hydroxylation is 3. The van der Waals surface area contributed by atoms with Crippen LogP contribution in [0.15, 0.2) is 66.7 Å². The first-order valence-electron chi connectivity index (χ1n) is 16.5. The normalized spacial score (nSPS) is 17.0. The second-order valence-electron chi connectivity index (χ2n) is 12.8. The van der Waals surface area contributed by atoms with Crippen molar-refractivity contribution in [1.29, 1.82) is 0 Å². The monoisotopic (exact) mass is 708 g/mol. The number of unbranched alkanes of at least 4 members (excludes halogenated alkanes) is 1. The molecule has 0 spiro atoms. The third-order valence-corrected chi connectivity index (χ3v) is 8.63.